The first-order chi connectivity index (χ1) is 27.8. The van der Waals surface area contributed by atoms with Crippen LogP contribution < -0.4 is 0 Å². The molecule has 0 unspecified atom stereocenters. The molecule has 0 amide bonds. The molecule has 0 saturated carbocycles. The Bertz CT molecular complexity index is 3040. The molecule has 56 heavy (non-hydrogen) atoms. The third-order valence-electron chi connectivity index (χ3n) is 10.6. The smallest absolute Gasteiger partial charge is 0.0963 e. The summed E-state index contributed by atoms with van der Waals surface area (Å²) in [4.78, 5) is 23.6. The van der Waals surface area contributed by atoms with Crippen molar-refractivity contribution in [2.45, 2.75) is 0 Å². The zero-order chi connectivity index (χ0) is 37.0. The molecule has 7 nitrogen and oxygen atoms in total. The Hall–Kier alpha value is -7.77. The zero-order valence-corrected chi connectivity index (χ0v) is 30.0. The Morgan fingerprint density at radius 3 is 1.46 bits per heavy atom. The van der Waals surface area contributed by atoms with Gasteiger partial charge in [0.05, 0.1) is 44.5 Å². The van der Waals surface area contributed by atoms with Crippen LogP contribution in [0.2, 0.25) is 0 Å². The molecule has 0 atom stereocenters. The number of nitrogens with zero attached hydrogens (tertiary/aromatic N) is 7. The molecule has 0 aliphatic heterocycles. The second kappa shape index (κ2) is 13.0. The van der Waals surface area contributed by atoms with E-state index in [1.54, 1.807) is 0 Å². The summed E-state index contributed by atoms with van der Waals surface area (Å²) in [5.74, 6) is 0. The minimum atomic E-state index is 0.910. The number of fused-ring (bicyclic) bond motifs is 6. The van der Waals surface area contributed by atoms with E-state index >= 15 is 0 Å². The van der Waals surface area contributed by atoms with Gasteiger partial charge in [0.15, 0.2) is 0 Å². The van der Waals surface area contributed by atoms with Gasteiger partial charge >= 0.3 is 0 Å². The molecule has 0 saturated heterocycles. The third-order valence-corrected chi connectivity index (χ3v) is 10.6. The van der Waals surface area contributed by atoms with E-state index < -0.39 is 0 Å². The van der Waals surface area contributed by atoms with Gasteiger partial charge in [0.25, 0.3) is 0 Å². The monoisotopic (exact) mass is 717 g/mol. The molecule has 11 rings (SSSR count). The lowest BCUT2D eigenvalue weighted by Gasteiger charge is -2.13. The Morgan fingerprint density at radius 1 is 0.339 bits per heavy atom. The lowest BCUT2D eigenvalue weighted by Crippen LogP contribution is -1.98. The van der Waals surface area contributed by atoms with Crippen LogP contribution in [0.4, 0.5) is 0 Å². The highest BCUT2D eigenvalue weighted by molar-refractivity contribution is 6.10. The minimum Gasteiger partial charge on any atom is -0.308 e. The topological polar surface area (TPSA) is 74.3 Å². The summed E-state index contributed by atoms with van der Waals surface area (Å²) in [6.07, 6.45) is 11.2. The molecule has 4 aromatic carbocycles. The largest absolute Gasteiger partial charge is 0.308 e. The fourth-order valence-corrected chi connectivity index (χ4v) is 8.18. The highest BCUT2D eigenvalue weighted by Gasteiger charge is 2.19. The van der Waals surface area contributed by atoms with E-state index in [4.69, 9.17) is 9.97 Å². The summed E-state index contributed by atoms with van der Waals surface area (Å²) in [6, 6.07) is 52.9. The summed E-state index contributed by atoms with van der Waals surface area (Å²) in [6.45, 7) is 0. The van der Waals surface area contributed by atoms with E-state index in [1.165, 1.54) is 0 Å². The molecule has 7 heteroatoms. The Labute approximate surface area is 321 Å². The van der Waals surface area contributed by atoms with Gasteiger partial charge in [-0.1, -0.05) is 54.6 Å². The van der Waals surface area contributed by atoms with Crippen molar-refractivity contribution in [3.8, 4) is 56.1 Å². The summed E-state index contributed by atoms with van der Waals surface area (Å²) >= 11 is 0. The average molecular weight is 718 g/mol. The first-order valence-corrected chi connectivity index (χ1v) is 18.6. The maximum Gasteiger partial charge on any atom is 0.0963 e. The van der Waals surface area contributed by atoms with Crippen molar-refractivity contribution in [2.24, 2.45) is 0 Å². The molecule has 0 fully saturated rings. The van der Waals surface area contributed by atoms with Crippen molar-refractivity contribution in [1.29, 1.82) is 0 Å². The third kappa shape index (κ3) is 5.10. The second-order valence-corrected chi connectivity index (χ2v) is 13.8. The van der Waals surface area contributed by atoms with Crippen molar-refractivity contribution < 1.29 is 0 Å². The van der Waals surface area contributed by atoms with E-state index in [2.05, 4.69) is 127 Å². The van der Waals surface area contributed by atoms with Crippen LogP contribution in [-0.4, -0.2) is 34.1 Å². The van der Waals surface area contributed by atoms with Gasteiger partial charge in [0, 0.05) is 76.0 Å². The van der Waals surface area contributed by atoms with Gasteiger partial charge in [-0.2, -0.15) is 0 Å². The Morgan fingerprint density at radius 2 is 0.875 bits per heavy atom. The van der Waals surface area contributed by atoms with Crippen LogP contribution in [0.25, 0.3) is 100 Å². The number of pyridine rings is 5. The number of benzene rings is 4. The van der Waals surface area contributed by atoms with Crippen molar-refractivity contribution in [1.82, 2.24) is 34.1 Å². The van der Waals surface area contributed by atoms with E-state index in [0.29, 0.717) is 0 Å². The number of rotatable bonds is 6. The molecule has 0 N–H and O–H groups in total. The van der Waals surface area contributed by atoms with Gasteiger partial charge < -0.3 is 9.13 Å². The Kier molecular flexibility index (Phi) is 7.35. The zero-order valence-electron chi connectivity index (χ0n) is 30.0. The van der Waals surface area contributed by atoms with Crippen LogP contribution in [0.1, 0.15) is 0 Å². The standard InChI is InChI=1S/C49H31N7/c1-2-13-37(42-14-3-5-23-51-42)36(12-1)32-18-20-44-39(28-32)48-46(16-8-25-53-48)55(44)34-10-7-11-35(30-34)56-45-21-19-33(29-40(45)49-47(56)17-9-26-54-49)41-31-50-27-22-38(41)43-15-4-6-24-52-43/h1-31H. The van der Waals surface area contributed by atoms with Crippen molar-refractivity contribution in [3.63, 3.8) is 0 Å². The highest BCUT2D eigenvalue weighted by atomic mass is 15.0. The van der Waals surface area contributed by atoms with Crippen molar-refractivity contribution >= 4 is 43.9 Å². The predicted octanol–water partition coefficient (Wildman–Crippen LogP) is 11.5. The molecule has 0 radical (unpaired) electrons. The van der Waals surface area contributed by atoms with Gasteiger partial charge in [-0.3, -0.25) is 24.9 Å². The molecule has 262 valence electrons. The van der Waals surface area contributed by atoms with E-state index in [0.717, 1.165) is 100 Å². The summed E-state index contributed by atoms with van der Waals surface area (Å²) in [7, 11) is 0. The normalized spacial score (nSPS) is 11.6. The molecule has 7 heterocycles. The van der Waals surface area contributed by atoms with Gasteiger partial charge in [0.2, 0.25) is 0 Å². The van der Waals surface area contributed by atoms with Crippen molar-refractivity contribution in [2.75, 3.05) is 0 Å². The molecule has 0 spiro atoms. The fraction of sp³-hybridized carbons (Fsp3) is 0. The van der Waals surface area contributed by atoms with Crippen LogP contribution in [-0.2, 0) is 0 Å². The first kappa shape index (κ1) is 31.7. The van der Waals surface area contributed by atoms with Crippen LogP contribution in [0.15, 0.2) is 189 Å². The number of hydrogen-bond donors (Lipinski definition) is 0. The van der Waals surface area contributed by atoms with Crippen LogP contribution >= 0.6 is 0 Å². The summed E-state index contributed by atoms with van der Waals surface area (Å²) in [5, 5.41) is 2.16. The van der Waals surface area contributed by atoms with E-state index in [-0.39, 0.29) is 0 Å². The second-order valence-electron chi connectivity index (χ2n) is 13.8. The maximum atomic E-state index is 4.93. The SMILES string of the molecule is c1ccc(-c2ccccc2-c2ccc3c(c2)c2ncccc2n3-c2cccc(-n3c4ccc(-c5cnccc5-c5ccccn5)cc4c4ncccc43)c2)nc1. The molecular formula is C49H31N7. The quantitative estimate of drug-likeness (QED) is 0.171. The minimum absolute atomic E-state index is 0.910. The van der Waals surface area contributed by atoms with E-state index in [9.17, 15) is 0 Å². The average Bonchev–Trinajstić information content (AvgIpc) is 3.79. The molecule has 0 aliphatic rings. The lowest BCUT2D eigenvalue weighted by atomic mass is 9.96. The van der Waals surface area contributed by atoms with Crippen LogP contribution in [0, 0.1) is 0 Å². The molecule has 11 aromatic rings. The van der Waals surface area contributed by atoms with Gasteiger partial charge in [-0.15, -0.1) is 0 Å². The van der Waals surface area contributed by atoms with E-state index in [1.807, 2.05) is 85.7 Å². The Balaban J connectivity index is 1.06. The number of hydrogen-bond acceptors (Lipinski definition) is 5. The molecular weight excluding hydrogens is 687 g/mol. The maximum absolute atomic E-state index is 4.93. The summed E-state index contributed by atoms with van der Waals surface area (Å²) < 4.78 is 4.63. The first-order valence-electron chi connectivity index (χ1n) is 18.6. The number of aromatic nitrogens is 7. The molecule has 7 aromatic heterocycles. The predicted molar refractivity (Wildman–Crippen MR) is 226 cm³/mol. The summed E-state index contributed by atoms with van der Waals surface area (Å²) in [5.41, 5.74) is 16.5. The van der Waals surface area contributed by atoms with Crippen LogP contribution in [0.5, 0.6) is 0 Å². The van der Waals surface area contributed by atoms with Crippen molar-refractivity contribution in [3.05, 3.63) is 189 Å². The lowest BCUT2D eigenvalue weighted by molar-refractivity contribution is 1.13. The highest BCUT2D eigenvalue weighted by Crippen LogP contribution is 2.39. The molecule has 0 aliphatic carbocycles. The van der Waals surface area contributed by atoms with Crippen LogP contribution in [0.3, 0.4) is 0 Å². The van der Waals surface area contributed by atoms with Gasteiger partial charge in [0.1, 0.15) is 0 Å². The fourth-order valence-electron chi connectivity index (χ4n) is 8.18. The van der Waals surface area contributed by atoms with Gasteiger partial charge in [-0.25, -0.2) is 0 Å². The van der Waals surface area contributed by atoms with Gasteiger partial charge in [-0.05, 0) is 114 Å². The molecule has 0 bridgehead atoms.